The molecule has 0 spiro atoms. The molecular weight excluding hydrogens is 248 g/mol. The molecule has 0 atom stereocenters. The van der Waals surface area contributed by atoms with Crippen LogP contribution in [-0.4, -0.2) is 29.6 Å². The molecule has 1 aliphatic carbocycles. The number of hydrogen-bond acceptors (Lipinski definition) is 4. The third-order valence-corrected chi connectivity index (χ3v) is 3.76. The van der Waals surface area contributed by atoms with Gasteiger partial charge in [0.25, 0.3) is 0 Å². The van der Waals surface area contributed by atoms with E-state index in [2.05, 4.69) is 36.0 Å². The molecule has 1 N–H and O–H groups in total. The number of aryl methyl sites for hydroxylation is 1. The molecule has 0 aliphatic heterocycles. The van der Waals surface area contributed by atoms with Gasteiger partial charge >= 0.3 is 0 Å². The van der Waals surface area contributed by atoms with Crippen LogP contribution in [0.5, 0.6) is 0 Å². The van der Waals surface area contributed by atoms with E-state index in [9.17, 15) is 0 Å². The molecule has 0 amide bonds. The molecule has 0 radical (unpaired) electrons. The second kappa shape index (κ2) is 7.58. The van der Waals surface area contributed by atoms with E-state index in [4.69, 9.17) is 4.98 Å². The lowest BCUT2D eigenvalue weighted by Gasteiger charge is -2.22. The zero-order valence-corrected chi connectivity index (χ0v) is 13.2. The van der Waals surface area contributed by atoms with Crippen LogP contribution in [-0.2, 0) is 6.54 Å². The van der Waals surface area contributed by atoms with E-state index in [1.165, 1.54) is 18.4 Å². The van der Waals surface area contributed by atoms with E-state index in [0.717, 1.165) is 56.6 Å². The van der Waals surface area contributed by atoms with Gasteiger partial charge in [0.1, 0.15) is 0 Å². The topological polar surface area (TPSA) is 41.1 Å². The number of anilines is 1. The van der Waals surface area contributed by atoms with Crippen LogP contribution in [0.25, 0.3) is 0 Å². The van der Waals surface area contributed by atoms with Crippen molar-refractivity contribution in [1.82, 2.24) is 15.3 Å². The summed E-state index contributed by atoms with van der Waals surface area (Å²) in [6, 6.07) is 0. The van der Waals surface area contributed by atoms with Crippen molar-refractivity contribution in [1.29, 1.82) is 0 Å². The average molecular weight is 276 g/mol. The molecule has 4 heteroatoms. The van der Waals surface area contributed by atoms with Gasteiger partial charge in [-0.3, -0.25) is 0 Å². The predicted molar refractivity (Wildman–Crippen MR) is 84.0 cm³/mol. The molecule has 1 heterocycles. The fourth-order valence-electron chi connectivity index (χ4n) is 2.36. The number of nitrogens with zero attached hydrogens (tertiary/aromatic N) is 3. The quantitative estimate of drug-likeness (QED) is 0.704. The molecule has 4 nitrogen and oxygen atoms in total. The predicted octanol–water partition coefficient (Wildman–Crippen LogP) is 2.91. The maximum absolute atomic E-state index is 4.73. The van der Waals surface area contributed by atoms with Crippen LogP contribution in [0, 0.1) is 12.8 Å². The molecule has 2 rings (SSSR count). The average Bonchev–Trinajstić information content (AvgIpc) is 3.24. The van der Waals surface area contributed by atoms with Gasteiger partial charge in [-0.1, -0.05) is 13.8 Å². The fraction of sp³-hybridized carbons (Fsp3) is 0.750. The van der Waals surface area contributed by atoms with Crippen LogP contribution in [0.15, 0.2) is 6.20 Å². The molecule has 0 unspecified atom stereocenters. The van der Waals surface area contributed by atoms with Crippen LogP contribution < -0.4 is 10.2 Å². The first-order valence-electron chi connectivity index (χ1n) is 8.02. The molecule has 1 saturated carbocycles. The second-order valence-corrected chi connectivity index (χ2v) is 5.85. The lowest BCUT2D eigenvalue weighted by Crippen LogP contribution is -2.29. The Kier molecular flexibility index (Phi) is 5.77. The first-order valence-corrected chi connectivity index (χ1v) is 8.02. The lowest BCUT2D eigenvalue weighted by molar-refractivity contribution is 0.661. The summed E-state index contributed by atoms with van der Waals surface area (Å²) in [6.07, 6.45) is 7.05. The van der Waals surface area contributed by atoms with Crippen molar-refractivity contribution in [3.05, 3.63) is 17.5 Å². The fourth-order valence-corrected chi connectivity index (χ4v) is 2.36. The van der Waals surface area contributed by atoms with E-state index in [1.807, 2.05) is 6.20 Å². The first-order chi connectivity index (χ1) is 9.74. The van der Waals surface area contributed by atoms with Gasteiger partial charge in [-0.15, -0.1) is 0 Å². The van der Waals surface area contributed by atoms with Crippen molar-refractivity contribution in [2.24, 2.45) is 5.92 Å². The number of hydrogen-bond donors (Lipinski definition) is 1. The SMILES string of the molecule is CCCNCc1cnc(N(CCC)CC2CC2)nc1C. The van der Waals surface area contributed by atoms with Crippen LogP contribution in [0.2, 0.25) is 0 Å². The normalized spacial score (nSPS) is 14.6. The molecule has 1 aliphatic rings. The van der Waals surface area contributed by atoms with E-state index in [0.29, 0.717) is 0 Å². The third-order valence-electron chi connectivity index (χ3n) is 3.76. The minimum atomic E-state index is 0.871. The van der Waals surface area contributed by atoms with Gasteiger partial charge in [0.15, 0.2) is 0 Å². The van der Waals surface area contributed by atoms with Crippen molar-refractivity contribution in [2.45, 2.75) is 53.0 Å². The molecule has 1 aromatic heterocycles. The Morgan fingerprint density at radius 1 is 1.30 bits per heavy atom. The maximum Gasteiger partial charge on any atom is 0.225 e. The van der Waals surface area contributed by atoms with Crippen LogP contribution in [0.3, 0.4) is 0 Å². The summed E-state index contributed by atoms with van der Waals surface area (Å²) < 4.78 is 0. The Balaban J connectivity index is 2.00. The molecule has 20 heavy (non-hydrogen) atoms. The second-order valence-electron chi connectivity index (χ2n) is 5.85. The molecule has 1 aromatic rings. The zero-order chi connectivity index (χ0) is 14.4. The third kappa shape index (κ3) is 4.44. The highest BCUT2D eigenvalue weighted by Crippen LogP contribution is 2.30. The van der Waals surface area contributed by atoms with E-state index in [1.54, 1.807) is 0 Å². The summed E-state index contributed by atoms with van der Waals surface area (Å²) in [6.45, 7) is 10.6. The first kappa shape index (κ1) is 15.2. The molecule has 1 fully saturated rings. The number of rotatable bonds is 9. The highest BCUT2D eigenvalue weighted by molar-refractivity contribution is 5.33. The highest BCUT2D eigenvalue weighted by Gasteiger charge is 2.25. The summed E-state index contributed by atoms with van der Waals surface area (Å²) in [5.41, 5.74) is 2.32. The Labute approximate surface area is 123 Å². The monoisotopic (exact) mass is 276 g/mol. The highest BCUT2D eigenvalue weighted by atomic mass is 15.2. The lowest BCUT2D eigenvalue weighted by atomic mass is 10.2. The van der Waals surface area contributed by atoms with Gasteiger partial charge in [0.05, 0.1) is 0 Å². The summed E-state index contributed by atoms with van der Waals surface area (Å²) in [5.74, 6) is 1.78. The Bertz CT molecular complexity index is 415. The minimum absolute atomic E-state index is 0.871. The van der Waals surface area contributed by atoms with Crippen LogP contribution in [0.4, 0.5) is 5.95 Å². The van der Waals surface area contributed by atoms with Crippen molar-refractivity contribution >= 4 is 5.95 Å². The van der Waals surface area contributed by atoms with Crippen molar-refractivity contribution in [2.75, 3.05) is 24.5 Å². The van der Waals surface area contributed by atoms with Crippen LogP contribution in [0.1, 0.15) is 50.8 Å². The molecular formula is C16H28N4. The van der Waals surface area contributed by atoms with Gasteiger partial charge in [-0.2, -0.15) is 0 Å². The van der Waals surface area contributed by atoms with Gasteiger partial charge in [-0.25, -0.2) is 9.97 Å². The van der Waals surface area contributed by atoms with Gasteiger partial charge in [0.2, 0.25) is 5.95 Å². The van der Waals surface area contributed by atoms with Gasteiger partial charge in [-0.05, 0) is 45.1 Å². The Morgan fingerprint density at radius 3 is 2.70 bits per heavy atom. The van der Waals surface area contributed by atoms with E-state index < -0.39 is 0 Å². The maximum atomic E-state index is 4.73. The van der Waals surface area contributed by atoms with Crippen molar-refractivity contribution < 1.29 is 0 Å². The molecule has 0 saturated heterocycles. The number of aromatic nitrogens is 2. The Hall–Kier alpha value is -1.16. The van der Waals surface area contributed by atoms with E-state index in [-0.39, 0.29) is 0 Å². The van der Waals surface area contributed by atoms with Crippen molar-refractivity contribution in [3.8, 4) is 0 Å². The Morgan fingerprint density at radius 2 is 2.10 bits per heavy atom. The molecule has 0 aromatic carbocycles. The summed E-state index contributed by atoms with van der Waals surface area (Å²) >= 11 is 0. The number of nitrogens with one attached hydrogen (secondary N) is 1. The molecule has 0 bridgehead atoms. The van der Waals surface area contributed by atoms with Gasteiger partial charge < -0.3 is 10.2 Å². The zero-order valence-electron chi connectivity index (χ0n) is 13.2. The smallest absolute Gasteiger partial charge is 0.225 e. The summed E-state index contributed by atoms with van der Waals surface area (Å²) in [4.78, 5) is 11.7. The summed E-state index contributed by atoms with van der Waals surface area (Å²) in [5, 5.41) is 3.41. The summed E-state index contributed by atoms with van der Waals surface area (Å²) in [7, 11) is 0. The molecule has 112 valence electrons. The van der Waals surface area contributed by atoms with Crippen molar-refractivity contribution in [3.63, 3.8) is 0 Å². The van der Waals surface area contributed by atoms with Crippen LogP contribution >= 0.6 is 0 Å². The minimum Gasteiger partial charge on any atom is -0.341 e. The largest absolute Gasteiger partial charge is 0.341 e. The standard InChI is InChI=1S/C16H28N4/c1-4-8-17-10-15-11-18-16(19-13(15)3)20(9-5-2)12-14-6-7-14/h11,14,17H,4-10,12H2,1-3H3. The van der Waals surface area contributed by atoms with Gasteiger partial charge in [0, 0.05) is 37.1 Å². The van der Waals surface area contributed by atoms with E-state index >= 15 is 0 Å².